The number of nitrogens with zero attached hydrogens (tertiary/aromatic N) is 1. The molecule has 0 aliphatic carbocycles. The van der Waals surface area contributed by atoms with Gasteiger partial charge in [-0.15, -0.1) is 0 Å². The van der Waals surface area contributed by atoms with Crippen LogP contribution in [-0.4, -0.2) is 11.5 Å². The van der Waals surface area contributed by atoms with Crippen molar-refractivity contribution >= 4 is 11.8 Å². The summed E-state index contributed by atoms with van der Waals surface area (Å²) in [6, 6.07) is 16.1. The fraction of sp³-hybridized carbons (Fsp3) is 0.125. The summed E-state index contributed by atoms with van der Waals surface area (Å²) < 4.78 is 5.55. The number of nitro benzene ring substituents is 1. The van der Waals surface area contributed by atoms with Gasteiger partial charge in [-0.05, 0) is 36.2 Å². The van der Waals surface area contributed by atoms with E-state index in [4.69, 9.17) is 4.74 Å². The quantitative estimate of drug-likeness (QED) is 0.451. The minimum absolute atomic E-state index is 0.106. The highest BCUT2D eigenvalue weighted by Gasteiger charge is 2.01. The summed E-state index contributed by atoms with van der Waals surface area (Å²) in [6.07, 6.45) is 4.70. The van der Waals surface area contributed by atoms with Crippen molar-refractivity contribution in [1.29, 1.82) is 0 Å². The molecule has 0 heterocycles. The molecule has 20 heavy (non-hydrogen) atoms. The number of nitro groups is 1. The van der Waals surface area contributed by atoms with Crippen LogP contribution in [-0.2, 0) is 0 Å². The van der Waals surface area contributed by atoms with Gasteiger partial charge in [-0.3, -0.25) is 10.1 Å². The first-order valence-corrected chi connectivity index (χ1v) is 6.34. The van der Waals surface area contributed by atoms with E-state index >= 15 is 0 Å². The van der Waals surface area contributed by atoms with Gasteiger partial charge in [0.05, 0.1) is 11.5 Å². The molecule has 0 spiro atoms. The molecular formula is C16H15NO3. The molecule has 2 aromatic carbocycles. The van der Waals surface area contributed by atoms with Crippen molar-refractivity contribution in [3.63, 3.8) is 0 Å². The van der Waals surface area contributed by atoms with E-state index in [1.807, 2.05) is 42.5 Å². The Morgan fingerprint density at radius 1 is 1.05 bits per heavy atom. The van der Waals surface area contributed by atoms with Crippen LogP contribution in [0.2, 0.25) is 0 Å². The molecule has 0 aliphatic heterocycles. The largest absolute Gasteiger partial charge is 0.493 e. The second-order valence-electron chi connectivity index (χ2n) is 4.20. The van der Waals surface area contributed by atoms with Crippen molar-refractivity contribution in [2.75, 3.05) is 6.61 Å². The summed E-state index contributed by atoms with van der Waals surface area (Å²) in [7, 11) is 0. The highest BCUT2D eigenvalue weighted by atomic mass is 16.6. The van der Waals surface area contributed by atoms with Crippen LogP contribution >= 0.6 is 0 Å². The monoisotopic (exact) mass is 269 g/mol. The van der Waals surface area contributed by atoms with Gasteiger partial charge in [-0.1, -0.05) is 30.4 Å². The molecule has 0 unspecified atom stereocenters. The number of hydrogen-bond acceptors (Lipinski definition) is 3. The summed E-state index contributed by atoms with van der Waals surface area (Å²) in [5.74, 6) is 0.858. The van der Waals surface area contributed by atoms with Gasteiger partial charge in [0, 0.05) is 12.1 Å². The first kappa shape index (κ1) is 13.8. The van der Waals surface area contributed by atoms with E-state index in [2.05, 4.69) is 0 Å². The van der Waals surface area contributed by atoms with E-state index < -0.39 is 4.92 Å². The fourth-order valence-electron chi connectivity index (χ4n) is 1.69. The second-order valence-corrected chi connectivity index (χ2v) is 4.20. The number of para-hydroxylation sites is 1. The van der Waals surface area contributed by atoms with Gasteiger partial charge < -0.3 is 4.74 Å². The molecule has 2 rings (SSSR count). The summed E-state index contributed by atoms with van der Waals surface area (Å²) in [5, 5.41) is 10.5. The molecular weight excluding hydrogens is 254 g/mol. The van der Waals surface area contributed by atoms with Crippen molar-refractivity contribution in [2.45, 2.75) is 6.42 Å². The first-order valence-electron chi connectivity index (χ1n) is 6.34. The zero-order chi connectivity index (χ0) is 14.2. The van der Waals surface area contributed by atoms with E-state index in [1.54, 1.807) is 12.1 Å². The Morgan fingerprint density at radius 3 is 2.40 bits per heavy atom. The average molecular weight is 269 g/mol. The second kappa shape index (κ2) is 7.09. The van der Waals surface area contributed by atoms with E-state index in [1.165, 1.54) is 12.1 Å². The molecule has 0 atom stereocenters. The van der Waals surface area contributed by atoms with Crippen LogP contribution in [0.5, 0.6) is 5.75 Å². The van der Waals surface area contributed by atoms with Crippen molar-refractivity contribution in [1.82, 2.24) is 0 Å². The summed E-state index contributed by atoms with van der Waals surface area (Å²) in [4.78, 5) is 10.1. The Hall–Kier alpha value is -2.62. The zero-order valence-corrected chi connectivity index (χ0v) is 10.9. The lowest BCUT2D eigenvalue weighted by Crippen LogP contribution is -1.94. The molecule has 0 saturated heterocycles. The summed E-state index contributed by atoms with van der Waals surface area (Å²) in [6.45, 7) is 0.605. The summed E-state index contributed by atoms with van der Waals surface area (Å²) in [5.41, 5.74) is 1.05. The Balaban J connectivity index is 1.77. The lowest BCUT2D eigenvalue weighted by atomic mass is 10.2. The smallest absolute Gasteiger partial charge is 0.269 e. The molecule has 0 fully saturated rings. The predicted octanol–water partition coefficient (Wildman–Crippen LogP) is 4.08. The Bertz CT molecular complexity index is 576. The average Bonchev–Trinajstić information content (AvgIpc) is 2.48. The van der Waals surface area contributed by atoms with Crippen LogP contribution < -0.4 is 4.74 Å². The molecule has 0 aliphatic rings. The normalized spacial score (nSPS) is 10.6. The fourth-order valence-corrected chi connectivity index (χ4v) is 1.69. The lowest BCUT2D eigenvalue weighted by molar-refractivity contribution is -0.384. The molecule has 2 aromatic rings. The van der Waals surface area contributed by atoms with Gasteiger partial charge in [0.1, 0.15) is 5.75 Å². The molecule has 102 valence electrons. The Labute approximate surface area is 117 Å². The third-order valence-electron chi connectivity index (χ3n) is 2.71. The van der Waals surface area contributed by atoms with E-state index in [0.29, 0.717) is 6.61 Å². The van der Waals surface area contributed by atoms with Crippen molar-refractivity contribution in [3.05, 3.63) is 76.4 Å². The number of ether oxygens (including phenoxy) is 1. The third-order valence-corrected chi connectivity index (χ3v) is 2.71. The van der Waals surface area contributed by atoms with E-state index in [0.717, 1.165) is 17.7 Å². The van der Waals surface area contributed by atoms with Crippen LogP contribution in [0.4, 0.5) is 5.69 Å². The number of rotatable bonds is 6. The molecule has 4 nitrogen and oxygen atoms in total. The van der Waals surface area contributed by atoms with Crippen LogP contribution in [0.1, 0.15) is 12.0 Å². The van der Waals surface area contributed by atoms with Gasteiger partial charge in [0.2, 0.25) is 0 Å². The minimum atomic E-state index is -0.402. The van der Waals surface area contributed by atoms with Crippen molar-refractivity contribution < 1.29 is 9.66 Å². The third kappa shape index (κ3) is 4.24. The maximum atomic E-state index is 10.5. The Morgan fingerprint density at radius 2 is 1.75 bits per heavy atom. The number of hydrogen-bond donors (Lipinski definition) is 0. The number of non-ortho nitro benzene ring substituents is 1. The first-order chi connectivity index (χ1) is 9.75. The molecule has 0 aromatic heterocycles. The standard InChI is InChI=1S/C16H15NO3/c18-17(19)15-11-9-14(10-12-15)6-4-5-13-20-16-7-2-1-3-8-16/h1-4,6-12H,5,13H2. The maximum absolute atomic E-state index is 10.5. The van der Waals surface area contributed by atoms with E-state index in [9.17, 15) is 10.1 Å². The van der Waals surface area contributed by atoms with E-state index in [-0.39, 0.29) is 5.69 Å². The van der Waals surface area contributed by atoms with Gasteiger partial charge in [0.15, 0.2) is 0 Å². The van der Waals surface area contributed by atoms with Crippen LogP contribution in [0.15, 0.2) is 60.7 Å². The topological polar surface area (TPSA) is 52.4 Å². The SMILES string of the molecule is O=[N+]([O-])c1ccc(C=CCCOc2ccccc2)cc1. The lowest BCUT2D eigenvalue weighted by Gasteiger charge is -2.02. The molecule has 4 heteroatoms. The van der Waals surface area contributed by atoms with Crippen LogP contribution in [0, 0.1) is 10.1 Å². The Kier molecular flexibility index (Phi) is 4.89. The van der Waals surface area contributed by atoms with Crippen molar-refractivity contribution in [2.24, 2.45) is 0 Å². The van der Waals surface area contributed by atoms with Gasteiger partial charge >= 0.3 is 0 Å². The highest BCUT2D eigenvalue weighted by Crippen LogP contribution is 2.13. The van der Waals surface area contributed by atoms with Gasteiger partial charge in [0.25, 0.3) is 5.69 Å². The van der Waals surface area contributed by atoms with Gasteiger partial charge in [-0.25, -0.2) is 0 Å². The molecule has 0 radical (unpaired) electrons. The molecule has 0 amide bonds. The minimum Gasteiger partial charge on any atom is -0.493 e. The van der Waals surface area contributed by atoms with Gasteiger partial charge in [-0.2, -0.15) is 0 Å². The zero-order valence-electron chi connectivity index (χ0n) is 10.9. The predicted molar refractivity (Wildman–Crippen MR) is 78.7 cm³/mol. The highest BCUT2D eigenvalue weighted by molar-refractivity contribution is 5.51. The number of benzene rings is 2. The van der Waals surface area contributed by atoms with Crippen molar-refractivity contribution in [3.8, 4) is 5.75 Å². The maximum Gasteiger partial charge on any atom is 0.269 e. The van der Waals surface area contributed by atoms with Crippen LogP contribution in [0.3, 0.4) is 0 Å². The molecule has 0 saturated carbocycles. The molecule has 0 bridgehead atoms. The molecule has 0 N–H and O–H groups in total. The summed E-state index contributed by atoms with van der Waals surface area (Å²) >= 11 is 0. The van der Waals surface area contributed by atoms with Crippen LogP contribution in [0.25, 0.3) is 6.08 Å².